The number of aldehydes is 1. The van der Waals surface area contributed by atoms with Gasteiger partial charge < -0.3 is 4.74 Å². The Labute approximate surface area is 100 Å². The second-order valence-corrected chi connectivity index (χ2v) is 3.32. The van der Waals surface area contributed by atoms with E-state index in [0.29, 0.717) is 6.29 Å². The van der Waals surface area contributed by atoms with Gasteiger partial charge in [0.15, 0.2) is 6.29 Å². The fourth-order valence-corrected chi connectivity index (χ4v) is 1.28. The van der Waals surface area contributed by atoms with Crippen LogP contribution in [0.3, 0.4) is 0 Å². The monoisotopic (exact) mass is 268 g/mol. The van der Waals surface area contributed by atoms with Crippen LogP contribution in [0.1, 0.15) is 10.4 Å². The fraction of sp³-hybridized carbons (Fsp3) is 0.300. The van der Waals surface area contributed by atoms with E-state index in [0.717, 1.165) is 0 Å². The molecule has 0 aliphatic carbocycles. The predicted molar refractivity (Wildman–Crippen MR) is 54.3 cm³/mol. The van der Waals surface area contributed by atoms with E-state index in [1.165, 1.54) is 18.2 Å². The molecule has 0 heterocycles. The van der Waals surface area contributed by atoms with Crippen molar-refractivity contribution >= 4 is 17.9 Å². The number of halogens is 4. The predicted octanol–water partition coefficient (Wildman–Crippen LogP) is 3.07. The highest BCUT2D eigenvalue weighted by molar-refractivity contribution is 6.33. The summed E-state index contributed by atoms with van der Waals surface area (Å²) in [6.45, 7) is -0.991. The van der Waals surface area contributed by atoms with Crippen LogP contribution in [0.25, 0.3) is 0 Å². The van der Waals surface area contributed by atoms with Crippen molar-refractivity contribution in [3.8, 4) is 5.75 Å². The molecule has 0 atom stereocenters. The molecule has 0 fully saturated rings. The third kappa shape index (κ3) is 4.62. The summed E-state index contributed by atoms with van der Waals surface area (Å²) in [6, 6.07) is 4.43. The van der Waals surface area contributed by atoms with Crippen molar-refractivity contribution in [2.75, 3.05) is 13.2 Å². The van der Waals surface area contributed by atoms with Gasteiger partial charge in [0, 0.05) is 0 Å². The Bertz CT molecular complexity index is 393. The third-order valence-electron chi connectivity index (χ3n) is 1.74. The zero-order valence-electron chi connectivity index (χ0n) is 8.46. The van der Waals surface area contributed by atoms with Crippen molar-refractivity contribution in [2.24, 2.45) is 0 Å². The number of hydrogen-bond acceptors (Lipinski definition) is 3. The average molecular weight is 269 g/mol. The summed E-state index contributed by atoms with van der Waals surface area (Å²) in [6.07, 6.45) is -4.21. The molecule has 0 saturated heterocycles. The van der Waals surface area contributed by atoms with Crippen molar-refractivity contribution in [1.82, 2.24) is 0 Å². The van der Waals surface area contributed by atoms with Gasteiger partial charge in [-0.05, 0) is 12.1 Å². The van der Waals surface area contributed by atoms with Crippen LogP contribution in [0.2, 0.25) is 5.02 Å². The molecule has 0 bridgehead atoms. The van der Waals surface area contributed by atoms with E-state index < -0.39 is 13.0 Å². The molecule has 0 radical (unpaired) electrons. The molecule has 0 spiro atoms. The number of ether oxygens (including phenoxy) is 2. The lowest BCUT2D eigenvalue weighted by molar-refractivity contribution is -0.325. The minimum absolute atomic E-state index is 0.0983. The summed E-state index contributed by atoms with van der Waals surface area (Å²) in [5.41, 5.74) is 0.0983. The molecule has 1 aromatic rings. The minimum atomic E-state index is -4.69. The smallest absolute Gasteiger partial charge is 0.490 e. The van der Waals surface area contributed by atoms with Crippen molar-refractivity contribution in [2.45, 2.75) is 6.36 Å². The van der Waals surface area contributed by atoms with Crippen LogP contribution in [0.5, 0.6) is 5.75 Å². The van der Waals surface area contributed by atoms with Gasteiger partial charge >= 0.3 is 6.36 Å². The fourth-order valence-electron chi connectivity index (χ4n) is 1.07. The van der Waals surface area contributed by atoms with E-state index in [2.05, 4.69) is 4.74 Å². The number of alkyl halides is 3. The second kappa shape index (κ2) is 5.88. The summed E-state index contributed by atoms with van der Waals surface area (Å²) < 4.78 is 43.4. The third-order valence-corrected chi connectivity index (χ3v) is 2.07. The molecular formula is C10H8ClF3O3. The van der Waals surface area contributed by atoms with E-state index in [1.807, 2.05) is 0 Å². The average Bonchev–Trinajstić information content (AvgIpc) is 2.23. The Hall–Kier alpha value is -1.27. The molecule has 94 valence electrons. The molecule has 0 aromatic heterocycles. The van der Waals surface area contributed by atoms with E-state index in [9.17, 15) is 18.0 Å². The lowest BCUT2D eigenvalue weighted by atomic mass is 10.2. The lowest BCUT2D eigenvalue weighted by Gasteiger charge is -2.10. The molecule has 3 nitrogen and oxygen atoms in total. The van der Waals surface area contributed by atoms with Gasteiger partial charge in [-0.3, -0.25) is 9.53 Å². The molecule has 0 saturated carbocycles. The molecule has 0 amide bonds. The number of hydrogen-bond donors (Lipinski definition) is 0. The van der Waals surface area contributed by atoms with Crippen molar-refractivity contribution in [3.63, 3.8) is 0 Å². The largest absolute Gasteiger partial charge is 0.522 e. The Morgan fingerprint density at radius 3 is 2.59 bits per heavy atom. The molecule has 0 unspecified atom stereocenters. The van der Waals surface area contributed by atoms with Crippen LogP contribution >= 0.6 is 11.6 Å². The Morgan fingerprint density at radius 1 is 1.29 bits per heavy atom. The van der Waals surface area contributed by atoms with Gasteiger partial charge in [-0.2, -0.15) is 0 Å². The molecule has 1 aromatic carbocycles. The first-order chi connectivity index (χ1) is 7.94. The Balaban J connectivity index is 2.52. The maximum atomic E-state index is 11.6. The summed E-state index contributed by atoms with van der Waals surface area (Å²) in [5, 5.41) is 0.175. The van der Waals surface area contributed by atoms with Crippen LogP contribution in [0, 0.1) is 0 Å². The van der Waals surface area contributed by atoms with Gasteiger partial charge in [0.2, 0.25) is 0 Å². The first-order valence-corrected chi connectivity index (χ1v) is 4.89. The lowest BCUT2D eigenvalue weighted by Crippen LogP contribution is -2.18. The summed E-state index contributed by atoms with van der Waals surface area (Å²) in [4.78, 5) is 10.7. The van der Waals surface area contributed by atoms with Crippen LogP contribution in [-0.4, -0.2) is 25.9 Å². The van der Waals surface area contributed by atoms with Gasteiger partial charge in [0.1, 0.15) is 12.4 Å². The number of carbonyl (C=O) groups excluding carboxylic acids is 1. The van der Waals surface area contributed by atoms with Crippen molar-refractivity contribution in [1.29, 1.82) is 0 Å². The maximum Gasteiger partial charge on any atom is 0.522 e. The normalized spacial score (nSPS) is 11.3. The zero-order chi connectivity index (χ0) is 12.9. The Kier molecular flexibility index (Phi) is 4.77. The van der Waals surface area contributed by atoms with Crippen LogP contribution in [0.4, 0.5) is 13.2 Å². The number of rotatable bonds is 5. The quantitative estimate of drug-likeness (QED) is 0.608. The van der Waals surface area contributed by atoms with E-state index >= 15 is 0 Å². The first kappa shape index (κ1) is 13.8. The number of benzene rings is 1. The van der Waals surface area contributed by atoms with Gasteiger partial charge in [-0.25, -0.2) is 0 Å². The molecule has 0 aliphatic heterocycles. The van der Waals surface area contributed by atoms with E-state index in [4.69, 9.17) is 16.3 Å². The summed E-state index contributed by atoms with van der Waals surface area (Å²) >= 11 is 5.69. The number of carbonyl (C=O) groups is 1. The topological polar surface area (TPSA) is 35.5 Å². The highest BCUT2D eigenvalue weighted by atomic mass is 35.5. The zero-order valence-corrected chi connectivity index (χ0v) is 9.22. The van der Waals surface area contributed by atoms with Gasteiger partial charge in [0.25, 0.3) is 0 Å². The molecule has 0 N–H and O–H groups in total. The van der Waals surface area contributed by atoms with Crippen LogP contribution in [0.15, 0.2) is 18.2 Å². The van der Waals surface area contributed by atoms with Crippen molar-refractivity contribution < 1.29 is 27.4 Å². The standard InChI is InChI=1S/C10H8ClF3O3/c11-8-2-1-3-9(7(8)6-15)16-4-5-17-10(12,13)14/h1-3,6H,4-5H2. The molecule has 0 aliphatic rings. The van der Waals surface area contributed by atoms with E-state index in [-0.39, 0.29) is 22.9 Å². The van der Waals surface area contributed by atoms with Gasteiger partial charge in [-0.1, -0.05) is 17.7 Å². The second-order valence-electron chi connectivity index (χ2n) is 2.91. The van der Waals surface area contributed by atoms with Crippen LogP contribution in [-0.2, 0) is 4.74 Å². The van der Waals surface area contributed by atoms with E-state index in [1.54, 1.807) is 0 Å². The summed E-state index contributed by atoms with van der Waals surface area (Å²) in [5.74, 6) is 0.123. The summed E-state index contributed by atoms with van der Waals surface area (Å²) in [7, 11) is 0. The molecule has 1 rings (SSSR count). The molecule has 7 heteroatoms. The Morgan fingerprint density at radius 2 is 2.00 bits per heavy atom. The van der Waals surface area contributed by atoms with Gasteiger partial charge in [-0.15, -0.1) is 13.2 Å². The first-order valence-electron chi connectivity index (χ1n) is 4.51. The molecular weight excluding hydrogens is 261 g/mol. The molecule has 17 heavy (non-hydrogen) atoms. The maximum absolute atomic E-state index is 11.6. The highest BCUT2D eigenvalue weighted by Crippen LogP contribution is 2.24. The van der Waals surface area contributed by atoms with Crippen LogP contribution < -0.4 is 4.74 Å². The van der Waals surface area contributed by atoms with Crippen molar-refractivity contribution in [3.05, 3.63) is 28.8 Å². The van der Waals surface area contributed by atoms with Gasteiger partial charge in [0.05, 0.1) is 17.2 Å². The highest BCUT2D eigenvalue weighted by Gasteiger charge is 2.28. The SMILES string of the molecule is O=Cc1c(Cl)cccc1OCCOC(F)(F)F. The minimum Gasteiger partial charge on any atom is -0.490 e.